The van der Waals surface area contributed by atoms with Gasteiger partial charge in [-0.2, -0.15) is 0 Å². The van der Waals surface area contributed by atoms with Crippen molar-refractivity contribution in [2.45, 2.75) is 157 Å². The van der Waals surface area contributed by atoms with Gasteiger partial charge in [-0.3, -0.25) is 0 Å². The molecule has 0 amide bonds. The minimum absolute atomic E-state index is 0.0105. The fourth-order valence-corrected chi connectivity index (χ4v) is 10.7. The molecule has 82 heavy (non-hydrogen) atoms. The maximum atomic E-state index is 3.85. The number of anilines is 2. The van der Waals surface area contributed by atoms with E-state index >= 15 is 0 Å². The van der Waals surface area contributed by atoms with E-state index in [1.165, 1.54) is 0 Å². The first kappa shape index (κ1) is 63.1. The van der Waals surface area contributed by atoms with Gasteiger partial charge in [-0.25, -0.2) is 0 Å². The Hall–Kier alpha value is -8.07. The van der Waals surface area contributed by atoms with Crippen molar-refractivity contribution in [2.24, 2.45) is 0 Å². The van der Waals surface area contributed by atoms with Gasteiger partial charge in [0.15, 0.2) is 0 Å². The lowest BCUT2D eigenvalue weighted by Crippen LogP contribution is -2.36. The van der Waals surface area contributed by atoms with Gasteiger partial charge in [-0.05, 0) is 148 Å². The first-order valence-corrected chi connectivity index (χ1v) is 35.1. The summed E-state index contributed by atoms with van der Waals surface area (Å²) in [7, 11) is -4.32. The van der Waals surface area contributed by atoms with Gasteiger partial charge in [0.05, 0.1) is 22.3 Å². The number of benzene rings is 6. The second-order valence-corrected chi connectivity index (χ2v) is 35.2. The summed E-state index contributed by atoms with van der Waals surface area (Å²) < 4.78 is 0. The first-order chi connectivity index (χ1) is 38.8. The van der Waals surface area contributed by atoms with Gasteiger partial charge >= 0.3 is 0 Å². The molecule has 0 bridgehead atoms. The predicted octanol–water partition coefficient (Wildman–Crippen LogP) is 18.7. The predicted molar refractivity (Wildman–Crippen MR) is 362 cm³/mol. The lowest BCUT2D eigenvalue weighted by molar-refractivity contribution is 0.608. The molecule has 0 aliphatic heterocycles. The molecule has 0 unspecified atom stereocenters. The number of hydrogen-bond donors (Lipinski definition) is 0. The molecule has 0 aromatic heterocycles. The molecular weight excluding hydrogens is 1020 g/mol. The Morgan fingerprint density at radius 1 is 0.317 bits per heavy atom. The molecule has 416 valence electrons. The average Bonchev–Trinajstić information content (AvgIpc) is 3.52. The van der Waals surface area contributed by atoms with Gasteiger partial charge in [0.25, 0.3) is 0 Å². The van der Waals surface area contributed by atoms with E-state index < -0.39 is 16.1 Å². The zero-order valence-corrected chi connectivity index (χ0v) is 54.4. The van der Waals surface area contributed by atoms with Crippen LogP contribution in [0.3, 0.4) is 0 Å². The summed E-state index contributed by atoms with van der Waals surface area (Å²) in [6.07, 6.45) is 0. The number of hydrogen-bond acceptors (Lipinski definition) is 2. The van der Waals surface area contributed by atoms with Crippen LogP contribution in [-0.2, 0) is 0 Å². The standard InChI is InChI=1S/C78H86N2Si2/c1-59(2)79(60(3)4)73-51-41-63(42-52-73)39-45-65(46-40-64-43-53-74(54-44-64)80(61(5)6)62(7)8)66(47-49-71(55-57-81(15,16)77(9,10)11)75(67-31-23-19-24-32-67)68-33-25-20-26-34-68)48-50-72(56-58-82(17,18)78(12,13)14)76(69-35-27-21-28-36-69)70-37-29-22-30-38-70/h19-38,41-44,51-54,59-62H,1-18H3. The Morgan fingerprint density at radius 3 is 0.805 bits per heavy atom. The minimum Gasteiger partial charge on any atom is -0.367 e. The molecule has 6 aromatic rings. The molecule has 0 aliphatic carbocycles. The summed E-state index contributed by atoms with van der Waals surface area (Å²) in [5.74, 6) is 36.6. The average molecular weight is 1110 g/mol. The van der Waals surface area contributed by atoms with E-state index in [1.54, 1.807) is 0 Å². The van der Waals surface area contributed by atoms with Gasteiger partial charge in [-0.1, -0.05) is 236 Å². The molecule has 0 fully saturated rings. The van der Waals surface area contributed by atoms with Crippen LogP contribution in [0.2, 0.25) is 36.3 Å². The highest BCUT2D eigenvalue weighted by Crippen LogP contribution is 2.37. The highest BCUT2D eigenvalue weighted by Gasteiger charge is 2.35. The molecule has 2 nitrogen and oxygen atoms in total. The van der Waals surface area contributed by atoms with E-state index in [0.717, 1.165) is 55.9 Å². The van der Waals surface area contributed by atoms with Crippen molar-refractivity contribution in [3.63, 3.8) is 0 Å². The second kappa shape index (κ2) is 28.1. The Kier molecular flexibility index (Phi) is 21.6. The summed E-state index contributed by atoms with van der Waals surface area (Å²) >= 11 is 0. The molecule has 0 atom stereocenters. The molecule has 0 N–H and O–H groups in total. The molecule has 0 saturated carbocycles. The van der Waals surface area contributed by atoms with Gasteiger partial charge in [0, 0.05) is 57.8 Å². The van der Waals surface area contributed by atoms with Crippen molar-refractivity contribution in [1.82, 2.24) is 0 Å². The summed E-state index contributed by atoms with van der Waals surface area (Å²) in [4.78, 5) is 4.83. The van der Waals surface area contributed by atoms with Crippen LogP contribution in [-0.4, -0.2) is 40.3 Å². The van der Waals surface area contributed by atoms with E-state index in [1.807, 2.05) is 24.3 Å². The molecule has 0 spiro atoms. The van der Waals surface area contributed by atoms with Gasteiger partial charge in [0.2, 0.25) is 0 Å². The van der Waals surface area contributed by atoms with Crippen molar-refractivity contribution >= 4 is 38.7 Å². The quantitative estimate of drug-likeness (QED) is 0.0996. The Morgan fingerprint density at radius 2 is 0.561 bits per heavy atom. The maximum Gasteiger partial charge on any atom is 0.138 e. The molecule has 6 aromatic carbocycles. The molecule has 6 rings (SSSR count). The van der Waals surface area contributed by atoms with E-state index in [4.69, 9.17) is 0 Å². The van der Waals surface area contributed by atoms with E-state index in [0.29, 0.717) is 46.5 Å². The van der Waals surface area contributed by atoms with Crippen LogP contribution in [0.1, 0.15) is 130 Å². The van der Waals surface area contributed by atoms with Crippen molar-refractivity contribution in [3.8, 4) is 70.3 Å². The van der Waals surface area contributed by atoms with Gasteiger partial charge in [0.1, 0.15) is 16.1 Å². The monoisotopic (exact) mass is 1110 g/mol. The summed E-state index contributed by atoms with van der Waals surface area (Å²) in [5.41, 5.74) is 20.1. The van der Waals surface area contributed by atoms with Crippen molar-refractivity contribution < 1.29 is 0 Å². The third kappa shape index (κ3) is 17.0. The van der Waals surface area contributed by atoms with Crippen molar-refractivity contribution in [3.05, 3.63) is 226 Å². The fraction of sp³-hybridized carbons (Fsp3) is 0.308. The van der Waals surface area contributed by atoms with Crippen LogP contribution in [0, 0.1) is 70.3 Å². The zero-order valence-electron chi connectivity index (χ0n) is 52.4. The molecule has 4 heteroatoms. The summed E-state index contributed by atoms with van der Waals surface area (Å²) in [6, 6.07) is 60.3. The van der Waals surface area contributed by atoms with Crippen LogP contribution >= 0.6 is 0 Å². The minimum atomic E-state index is -2.16. The summed E-state index contributed by atoms with van der Waals surface area (Å²) in [5, 5.41) is 0.0210. The summed E-state index contributed by atoms with van der Waals surface area (Å²) in [6.45, 7) is 41.0. The third-order valence-electron chi connectivity index (χ3n) is 15.6. The molecule has 0 aliphatic rings. The highest BCUT2D eigenvalue weighted by molar-refractivity contribution is 6.88. The van der Waals surface area contributed by atoms with Crippen LogP contribution < -0.4 is 9.80 Å². The normalized spacial score (nSPS) is 11.1. The molecule has 0 radical (unpaired) electrons. The Labute approximate surface area is 498 Å². The van der Waals surface area contributed by atoms with Gasteiger partial charge in [-0.15, -0.1) is 11.1 Å². The van der Waals surface area contributed by atoms with E-state index in [2.05, 4.69) is 349 Å². The maximum absolute atomic E-state index is 3.85. The second-order valence-electron chi connectivity index (χ2n) is 25.2. The zero-order chi connectivity index (χ0) is 59.8. The smallest absolute Gasteiger partial charge is 0.138 e. The lowest BCUT2D eigenvalue weighted by Gasteiger charge is -2.33. The topological polar surface area (TPSA) is 6.48 Å². The van der Waals surface area contributed by atoms with Crippen LogP contribution in [0.25, 0.3) is 11.1 Å². The lowest BCUT2D eigenvalue weighted by atomic mass is 9.92. The van der Waals surface area contributed by atoms with Crippen molar-refractivity contribution in [2.75, 3.05) is 9.80 Å². The molecular formula is C78H86N2Si2. The number of nitrogens with zero attached hydrogens (tertiary/aromatic N) is 2. The molecule has 0 saturated heterocycles. The van der Waals surface area contributed by atoms with Crippen LogP contribution in [0.15, 0.2) is 192 Å². The van der Waals surface area contributed by atoms with Crippen LogP contribution in [0.4, 0.5) is 11.4 Å². The third-order valence-corrected chi connectivity index (χ3v) is 24.6. The Bertz CT molecular complexity index is 3290. The van der Waals surface area contributed by atoms with Gasteiger partial charge < -0.3 is 9.80 Å². The van der Waals surface area contributed by atoms with Crippen LogP contribution in [0.5, 0.6) is 0 Å². The Balaban J connectivity index is 1.83. The highest BCUT2D eigenvalue weighted by atomic mass is 28.3. The number of allylic oxidation sites excluding steroid dienone is 4. The van der Waals surface area contributed by atoms with Crippen molar-refractivity contribution in [1.29, 1.82) is 0 Å². The van der Waals surface area contributed by atoms with E-state index in [-0.39, 0.29) is 10.1 Å². The largest absolute Gasteiger partial charge is 0.367 e. The number of rotatable bonds is 10. The molecule has 0 heterocycles. The first-order valence-electron chi connectivity index (χ1n) is 29.1. The van der Waals surface area contributed by atoms with E-state index in [9.17, 15) is 0 Å². The SMILES string of the molecule is CC(C)N(c1ccc(C#CC(C#Cc2ccc(N(C(C)C)C(C)C)cc2)=C(C#CC(C#C[Si](C)(C)C(C)(C)C)=C(c2ccccc2)c2ccccc2)C#CC(C#C[Si](C)(C)C(C)(C)C)=C(c2ccccc2)c2ccccc2)cc1)C(C)C. The fourth-order valence-electron chi connectivity index (χ4n) is 9.11.